The third-order valence-electron chi connectivity index (χ3n) is 5.86. The first-order valence-electron chi connectivity index (χ1n) is 12.4. The van der Waals surface area contributed by atoms with Crippen LogP contribution in [-0.2, 0) is 26.2 Å². The Morgan fingerprint density at radius 1 is 1.08 bits per heavy atom. The molecule has 1 N–H and O–H groups in total. The van der Waals surface area contributed by atoms with Crippen molar-refractivity contribution >= 4 is 27.5 Å². The van der Waals surface area contributed by atoms with Gasteiger partial charge in [0.25, 0.3) is 0 Å². The average molecular weight is 536 g/mol. The second-order valence-electron chi connectivity index (χ2n) is 9.32. The molecule has 2 aromatic rings. The molecule has 0 spiro atoms. The molecule has 0 radical (unpaired) electrons. The fourth-order valence-electron chi connectivity index (χ4n) is 3.91. The molecular formula is C27H38FN3O5S. The zero-order chi connectivity index (χ0) is 27.6. The van der Waals surface area contributed by atoms with Crippen molar-refractivity contribution in [2.45, 2.75) is 52.6 Å². The minimum Gasteiger partial charge on any atom is -0.497 e. The Morgan fingerprint density at radius 3 is 2.27 bits per heavy atom. The number of nitrogens with one attached hydrogen (secondary N) is 1. The highest BCUT2D eigenvalue weighted by atomic mass is 32.2. The van der Waals surface area contributed by atoms with Crippen molar-refractivity contribution in [3.05, 3.63) is 59.9 Å². The Kier molecular flexibility index (Phi) is 11.4. The van der Waals surface area contributed by atoms with Gasteiger partial charge in [-0.15, -0.1) is 0 Å². The number of amides is 2. The van der Waals surface area contributed by atoms with Gasteiger partial charge in [0.2, 0.25) is 21.8 Å². The minimum absolute atomic E-state index is 0.00934. The van der Waals surface area contributed by atoms with Crippen LogP contribution in [0, 0.1) is 11.7 Å². The van der Waals surface area contributed by atoms with Crippen molar-refractivity contribution < 1.29 is 27.1 Å². The molecule has 0 aliphatic rings. The van der Waals surface area contributed by atoms with E-state index in [-0.39, 0.29) is 49.4 Å². The number of hydrogen-bond acceptors (Lipinski definition) is 5. The van der Waals surface area contributed by atoms with Gasteiger partial charge in [0.05, 0.1) is 19.1 Å². The first-order chi connectivity index (χ1) is 17.5. The second-order valence-corrected chi connectivity index (χ2v) is 11.2. The first-order valence-corrected chi connectivity index (χ1v) is 14.2. The highest BCUT2D eigenvalue weighted by Crippen LogP contribution is 2.23. The van der Waals surface area contributed by atoms with Crippen LogP contribution in [0.15, 0.2) is 48.5 Å². The topological polar surface area (TPSA) is 96.0 Å². The van der Waals surface area contributed by atoms with Crippen LogP contribution >= 0.6 is 0 Å². The number of anilines is 1. The zero-order valence-electron chi connectivity index (χ0n) is 22.2. The smallest absolute Gasteiger partial charge is 0.242 e. The number of para-hydroxylation sites is 1. The SMILES string of the molecule is CCC(C(=O)NCC(C)C)N(Cc1ccc(OC)cc1)C(=O)CCCN(c1ccccc1F)S(C)(=O)=O. The molecule has 37 heavy (non-hydrogen) atoms. The zero-order valence-corrected chi connectivity index (χ0v) is 23.1. The molecule has 2 amide bonds. The minimum atomic E-state index is -3.77. The highest BCUT2D eigenvalue weighted by molar-refractivity contribution is 7.92. The monoisotopic (exact) mass is 535 g/mol. The number of carbonyl (C=O) groups is 2. The van der Waals surface area contributed by atoms with Gasteiger partial charge in [0, 0.05) is 26.1 Å². The summed E-state index contributed by atoms with van der Waals surface area (Å²) in [5.41, 5.74) is 0.764. The summed E-state index contributed by atoms with van der Waals surface area (Å²) in [7, 11) is -2.20. The van der Waals surface area contributed by atoms with E-state index in [9.17, 15) is 22.4 Å². The van der Waals surface area contributed by atoms with Crippen LogP contribution in [0.2, 0.25) is 0 Å². The molecule has 10 heteroatoms. The van der Waals surface area contributed by atoms with Crippen LogP contribution in [0.5, 0.6) is 5.75 Å². The fraction of sp³-hybridized carbons (Fsp3) is 0.481. The van der Waals surface area contributed by atoms with Crippen molar-refractivity contribution in [2.75, 3.05) is 30.8 Å². The summed E-state index contributed by atoms with van der Waals surface area (Å²) in [5.74, 6) is -0.246. The first kappa shape index (κ1) is 30.1. The normalized spacial score (nSPS) is 12.2. The number of ether oxygens (including phenoxy) is 1. The summed E-state index contributed by atoms with van der Waals surface area (Å²) < 4.78 is 45.2. The maximum Gasteiger partial charge on any atom is 0.242 e. The number of benzene rings is 2. The quantitative estimate of drug-likeness (QED) is 0.395. The van der Waals surface area contributed by atoms with Gasteiger partial charge >= 0.3 is 0 Å². The van der Waals surface area contributed by atoms with Gasteiger partial charge in [-0.05, 0) is 48.6 Å². The third kappa shape index (κ3) is 9.03. The summed E-state index contributed by atoms with van der Waals surface area (Å²) in [4.78, 5) is 28.0. The van der Waals surface area contributed by atoms with Crippen LogP contribution in [0.3, 0.4) is 0 Å². The summed E-state index contributed by atoms with van der Waals surface area (Å²) >= 11 is 0. The van der Waals surface area contributed by atoms with Gasteiger partial charge < -0.3 is 15.0 Å². The van der Waals surface area contributed by atoms with E-state index < -0.39 is 21.9 Å². The van der Waals surface area contributed by atoms with Crippen molar-refractivity contribution in [2.24, 2.45) is 5.92 Å². The van der Waals surface area contributed by atoms with Crippen molar-refractivity contribution in [3.8, 4) is 5.75 Å². The number of sulfonamides is 1. The molecule has 2 rings (SSSR count). The fourth-order valence-corrected chi connectivity index (χ4v) is 4.87. The van der Waals surface area contributed by atoms with Gasteiger partial charge in [-0.2, -0.15) is 0 Å². The molecule has 0 heterocycles. The van der Waals surface area contributed by atoms with Crippen molar-refractivity contribution in [1.82, 2.24) is 10.2 Å². The summed E-state index contributed by atoms with van der Waals surface area (Å²) in [6, 6.07) is 12.2. The molecule has 8 nitrogen and oxygen atoms in total. The van der Waals surface area contributed by atoms with Crippen LogP contribution in [0.1, 0.15) is 45.6 Å². The summed E-state index contributed by atoms with van der Waals surface area (Å²) in [6.45, 7) is 6.45. The Labute approximate surface area is 219 Å². The molecule has 0 saturated heterocycles. The molecule has 0 aromatic heterocycles. The predicted molar refractivity (Wildman–Crippen MR) is 143 cm³/mol. The van der Waals surface area contributed by atoms with E-state index in [2.05, 4.69) is 5.32 Å². The molecule has 1 unspecified atom stereocenters. The van der Waals surface area contributed by atoms with E-state index in [1.54, 1.807) is 25.3 Å². The number of methoxy groups -OCH3 is 1. The number of nitrogens with zero attached hydrogens (tertiary/aromatic N) is 2. The maximum atomic E-state index is 14.3. The maximum absolute atomic E-state index is 14.3. The Hall–Kier alpha value is -3.14. The van der Waals surface area contributed by atoms with Gasteiger partial charge in [-0.25, -0.2) is 12.8 Å². The lowest BCUT2D eigenvalue weighted by Crippen LogP contribution is -2.49. The summed E-state index contributed by atoms with van der Waals surface area (Å²) in [6.07, 6.45) is 1.56. The standard InChI is InChI=1S/C27H38FN3O5S/c1-6-24(27(33)29-18-20(2)3)30(19-21-13-15-22(36-4)16-14-21)26(32)12-9-17-31(37(5,34)35)25-11-8-7-10-23(25)28/h7-8,10-11,13-16,20,24H,6,9,12,17-19H2,1-5H3,(H,29,33). The van der Waals surface area contributed by atoms with Gasteiger partial charge in [0.1, 0.15) is 17.6 Å². The molecule has 0 aliphatic heterocycles. The molecule has 0 fully saturated rings. The van der Waals surface area contributed by atoms with Crippen molar-refractivity contribution in [3.63, 3.8) is 0 Å². The van der Waals surface area contributed by atoms with E-state index in [4.69, 9.17) is 4.74 Å². The van der Waals surface area contributed by atoms with Gasteiger partial charge in [-0.3, -0.25) is 13.9 Å². The third-order valence-corrected chi connectivity index (χ3v) is 7.04. The van der Waals surface area contributed by atoms with Crippen LogP contribution < -0.4 is 14.4 Å². The molecular weight excluding hydrogens is 497 g/mol. The lowest BCUT2D eigenvalue weighted by atomic mass is 10.1. The molecule has 0 aliphatic carbocycles. The van der Waals surface area contributed by atoms with Crippen LogP contribution in [-0.4, -0.2) is 57.6 Å². The van der Waals surface area contributed by atoms with E-state index >= 15 is 0 Å². The number of halogens is 1. The molecule has 0 bridgehead atoms. The largest absolute Gasteiger partial charge is 0.497 e. The molecule has 1 atom stereocenters. The summed E-state index contributed by atoms with van der Waals surface area (Å²) in [5, 5.41) is 2.91. The van der Waals surface area contributed by atoms with E-state index in [0.29, 0.717) is 18.7 Å². The Morgan fingerprint density at radius 2 is 1.73 bits per heavy atom. The Balaban J connectivity index is 2.22. The molecule has 0 saturated carbocycles. The van der Waals surface area contributed by atoms with Crippen LogP contribution in [0.4, 0.5) is 10.1 Å². The van der Waals surface area contributed by atoms with Crippen LogP contribution in [0.25, 0.3) is 0 Å². The van der Waals surface area contributed by atoms with E-state index in [1.807, 2.05) is 32.9 Å². The molecule has 2 aromatic carbocycles. The Bertz CT molecular complexity index is 1140. The molecule has 204 valence electrons. The van der Waals surface area contributed by atoms with Gasteiger partial charge in [0.15, 0.2) is 0 Å². The predicted octanol–water partition coefficient (Wildman–Crippen LogP) is 3.96. The number of rotatable bonds is 14. The van der Waals surface area contributed by atoms with E-state index in [0.717, 1.165) is 16.1 Å². The lowest BCUT2D eigenvalue weighted by Gasteiger charge is -2.31. The average Bonchev–Trinajstić information content (AvgIpc) is 2.85. The number of carbonyl (C=O) groups excluding carboxylic acids is 2. The second kappa shape index (κ2) is 14.0. The lowest BCUT2D eigenvalue weighted by molar-refractivity contribution is -0.141. The van der Waals surface area contributed by atoms with Crippen molar-refractivity contribution in [1.29, 1.82) is 0 Å². The van der Waals surface area contributed by atoms with Gasteiger partial charge in [-0.1, -0.05) is 45.0 Å². The number of hydrogen-bond donors (Lipinski definition) is 1. The van der Waals surface area contributed by atoms with E-state index in [1.165, 1.54) is 23.1 Å². The highest BCUT2D eigenvalue weighted by Gasteiger charge is 2.29.